The third-order valence-electron chi connectivity index (χ3n) is 14.0. The number of unbranched alkanes of at least 4 members (excludes halogenated alkanes) is 30. The molecular formula is C62H102N2. The Bertz CT molecular complexity index is 1590. The van der Waals surface area contributed by atoms with E-state index in [0.29, 0.717) is 0 Å². The molecule has 1 heterocycles. The quantitative estimate of drug-likeness (QED) is 0.0469. The lowest BCUT2D eigenvalue weighted by molar-refractivity contribution is -0.344. The molecule has 0 bridgehead atoms. The Balaban J connectivity index is 1.48. The Morgan fingerprint density at radius 1 is 0.359 bits per heavy atom. The van der Waals surface area contributed by atoms with E-state index in [-0.39, 0.29) is 0 Å². The maximum absolute atomic E-state index is 12.2. The molecule has 0 fully saturated rings. The summed E-state index contributed by atoms with van der Waals surface area (Å²) in [6.45, 7) is 11.5. The van der Waals surface area contributed by atoms with E-state index in [2.05, 4.69) is 89.2 Å². The molecule has 0 aliphatic carbocycles. The van der Waals surface area contributed by atoms with E-state index < -0.39 is 0 Å². The van der Waals surface area contributed by atoms with E-state index in [9.17, 15) is 5.53 Å². The highest BCUT2D eigenvalue weighted by Gasteiger charge is 2.29. The topological polar surface area (TPSA) is 25.3 Å². The second-order valence-electron chi connectivity index (χ2n) is 20.2. The minimum atomic E-state index is 0.922. The van der Waals surface area contributed by atoms with Crippen LogP contribution in [0.4, 0.5) is 0 Å². The van der Waals surface area contributed by atoms with Crippen molar-refractivity contribution < 1.29 is 4.70 Å². The SMILES string of the molecule is CCCCCCCCCCCCCCCCCCCCCCCCCCC=CC1=C(c2cc(CCCC)cc(CCCCC)c2)[N+](=[N-])C(c2cc(CCCC)cc(CCCCC)c2)=C1. The lowest BCUT2D eigenvalue weighted by atomic mass is 9.96. The molecule has 0 radical (unpaired) electrons. The zero-order valence-electron chi connectivity index (χ0n) is 43.2. The maximum Gasteiger partial charge on any atom is 0.214 e. The number of hydrogen-bond acceptors (Lipinski definition) is 0. The van der Waals surface area contributed by atoms with Gasteiger partial charge in [0.2, 0.25) is 11.4 Å². The first-order valence-corrected chi connectivity index (χ1v) is 28.4. The summed E-state index contributed by atoms with van der Waals surface area (Å²) >= 11 is 0. The van der Waals surface area contributed by atoms with Crippen molar-refractivity contribution in [2.24, 2.45) is 0 Å². The van der Waals surface area contributed by atoms with Crippen LogP contribution in [0.25, 0.3) is 16.9 Å². The number of hydrogen-bond donors (Lipinski definition) is 0. The number of benzene rings is 2. The van der Waals surface area contributed by atoms with Crippen molar-refractivity contribution in [2.45, 2.75) is 285 Å². The minimum Gasteiger partial charge on any atom is -0.493 e. The van der Waals surface area contributed by atoms with Crippen molar-refractivity contribution in [3.63, 3.8) is 0 Å². The van der Waals surface area contributed by atoms with Gasteiger partial charge in [-0.3, -0.25) is 0 Å². The summed E-state index contributed by atoms with van der Waals surface area (Å²) in [6.07, 6.45) is 59.0. The average molecular weight is 876 g/mol. The Kier molecular flexibility index (Phi) is 32.5. The van der Waals surface area contributed by atoms with Crippen LogP contribution in [0.2, 0.25) is 0 Å². The van der Waals surface area contributed by atoms with E-state index in [4.69, 9.17) is 0 Å². The molecule has 0 atom stereocenters. The van der Waals surface area contributed by atoms with Crippen LogP contribution in [-0.4, -0.2) is 4.70 Å². The van der Waals surface area contributed by atoms with E-state index in [0.717, 1.165) is 60.2 Å². The fraction of sp³-hybridized carbons (Fsp3) is 0.710. The van der Waals surface area contributed by atoms with E-state index in [1.54, 1.807) is 4.70 Å². The monoisotopic (exact) mass is 875 g/mol. The molecule has 0 saturated carbocycles. The Labute approximate surface area is 398 Å². The van der Waals surface area contributed by atoms with Gasteiger partial charge >= 0.3 is 0 Å². The first-order chi connectivity index (χ1) is 31.5. The van der Waals surface area contributed by atoms with Gasteiger partial charge in [-0.1, -0.05) is 245 Å². The van der Waals surface area contributed by atoms with Crippen molar-refractivity contribution in [1.29, 1.82) is 0 Å². The Morgan fingerprint density at radius 2 is 0.672 bits per heavy atom. The van der Waals surface area contributed by atoms with Crippen LogP contribution in [0, 0.1) is 0 Å². The van der Waals surface area contributed by atoms with Gasteiger partial charge in [-0.25, -0.2) is 4.70 Å². The predicted octanol–water partition coefficient (Wildman–Crippen LogP) is 21.0. The van der Waals surface area contributed by atoms with Crippen LogP contribution in [-0.2, 0) is 25.7 Å². The van der Waals surface area contributed by atoms with Crippen molar-refractivity contribution in [2.75, 3.05) is 0 Å². The molecule has 0 unspecified atom stereocenters. The zero-order chi connectivity index (χ0) is 45.7. The number of rotatable bonds is 42. The van der Waals surface area contributed by atoms with Gasteiger partial charge in [0.05, 0.1) is 5.57 Å². The molecule has 0 N–H and O–H groups in total. The molecule has 1 aliphatic rings. The molecule has 2 aromatic carbocycles. The summed E-state index contributed by atoms with van der Waals surface area (Å²) in [5, 5.41) is 0. The summed E-state index contributed by atoms with van der Waals surface area (Å²) in [7, 11) is 0. The number of nitrogens with zero attached hydrogens (tertiary/aromatic N) is 2. The average Bonchev–Trinajstić information content (AvgIpc) is 3.64. The molecular weight excluding hydrogens is 773 g/mol. The standard InChI is InChI=1S/C62H102N2/c1-6-11-16-17-18-19-20-21-22-23-24-25-26-27-28-29-30-31-32-33-34-35-36-37-38-41-46-58-53-61(59-49-54(42-14-9-4)47-56(50-59)44-39-12-7-2)64(63)62(58)60-51-55(43-15-10-5)48-57(52-60)45-40-13-8-3/h41,46-53H,6-40,42-45H2,1-5H3. The lowest BCUT2D eigenvalue weighted by Crippen LogP contribution is -2.05. The summed E-state index contributed by atoms with van der Waals surface area (Å²) in [4.78, 5) is 0. The fourth-order valence-electron chi connectivity index (χ4n) is 9.88. The van der Waals surface area contributed by atoms with E-state index >= 15 is 0 Å². The first-order valence-electron chi connectivity index (χ1n) is 28.4. The molecule has 2 aromatic rings. The second-order valence-corrected chi connectivity index (χ2v) is 20.2. The van der Waals surface area contributed by atoms with Crippen molar-refractivity contribution in [3.8, 4) is 0 Å². The molecule has 0 aromatic heterocycles. The Morgan fingerprint density at radius 3 is 1.05 bits per heavy atom. The van der Waals surface area contributed by atoms with Gasteiger partial charge in [0.25, 0.3) is 0 Å². The third kappa shape index (κ3) is 24.2. The van der Waals surface area contributed by atoms with Crippen LogP contribution >= 0.6 is 0 Å². The first kappa shape index (κ1) is 55.6. The van der Waals surface area contributed by atoms with E-state index in [1.165, 1.54) is 241 Å². The zero-order valence-corrected chi connectivity index (χ0v) is 43.2. The highest BCUT2D eigenvalue weighted by molar-refractivity contribution is 5.81. The van der Waals surface area contributed by atoms with Gasteiger partial charge in [-0.05, 0) is 111 Å². The fourth-order valence-corrected chi connectivity index (χ4v) is 9.88. The largest absolute Gasteiger partial charge is 0.493 e. The van der Waals surface area contributed by atoms with Gasteiger partial charge in [-0.2, -0.15) is 0 Å². The summed E-state index contributed by atoms with van der Waals surface area (Å²) in [6, 6.07) is 14.3. The number of aryl methyl sites for hydroxylation is 4. The van der Waals surface area contributed by atoms with Crippen LogP contribution in [0.3, 0.4) is 0 Å². The number of allylic oxidation sites excluding steroid dienone is 4. The summed E-state index contributed by atoms with van der Waals surface area (Å²) in [5.41, 5.74) is 23.2. The predicted molar refractivity (Wildman–Crippen MR) is 285 cm³/mol. The van der Waals surface area contributed by atoms with Crippen molar-refractivity contribution in [3.05, 3.63) is 99.1 Å². The second kappa shape index (κ2) is 37.4. The van der Waals surface area contributed by atoms with Gasteiger partial charge in [0.15, 0.2) is 0 Å². The van der Waals surface area contributed by atoms with Crippen molar-refractivity contribution >= 4 is 11.4 Å². The maximum atomic E-state index is 12.2. The molecule has 3 rings (SSSR count). The smallest absolute Gasteiger partial charge is 0.214 e. The molecule has 1 aliphatic heterocycles. The van der Waals surface area contributed by atoms with Gasteiger partial charge in [-0.15, -0.1) is 0 Å². The van der Waals surface area contributed by atoms with Crippen molar-refractivity contribution in [1.82, 2.24) is 0 Å². The van der Waals surface area contributed by atoms with Gasteiger partial charge < -0.3 is 5.53 Å². The Hall–Kier alpha value is -2.74. The molecule has 2 nitrogen and oxygen atoms in total. The highest BCUT2D eigenvalue weighted by atomic mass is 15.2. The highest BCUT2D eigenvalue weighted by Crippen LogP contribution is 2.38. The summed E-state index contributed by atoms with van der Waals surface area (Å²) < 4.78 is 1.55. The van der Waals surface area contributed by atoms with Crippen LogP contribution in [0.5, 0.6) is 0 Å². The molecule has 0 amide bonds. The van der Waals surface area contributed by atoms with E-state index in [1.807, 2.05) is 0 Å². The molecule has 0 saturated heterocycles. The molecule has 360 valence electrons. The molecule has 2 heteroatoms. The molecule has 64 heavy (non-hydrogen) atoms. The molecule has 0 spiro atoms. The minimum absolute atomic E-state index is 0.922. The normalized spacial score (nSPS) is 13.0. The van der Waals surface area contributed by atoms with Gasteiger partial charge in [0, 0.05) is 17.2 Å². The summed E-state index contributed by atoms with van der Waals surface area (Å²) in [5.74, 6) is 0. The third-order valence-corrected chi connectivity index (χ3v) is 14.0. The van der Waals surface area contributed by atoms with Gasteiger partial charge in [0.1, 0.15) is 0 Å². The van der Waals surface area contributed by atoms with Crippen LogP contribution in [0.15, 0.2) is 60.2 Å². The lowest BCUT2D eigenvalue weighted by Gasteiger charge is -2.14. The van der Waals surface area contributed by atoms with Crippen LogP contribution < -0.4 is 0 Å². The van der Waals surface area contributed by atoms with Crippen LogP contribution in [0.1, 0.15) is 293 Å².